The van der Waals surface area contributed by atoms with E-state index in [0.29, 0.717) is 6.10 Å². The number of rotatable bonds is 2. The molecular weight excluding hydrogens is 324 g/mol. The highest BCUT2D eigenvalue weighted by Gasteiger charge is 2.41. The van der Waals surface area contributed by atoms with Crippen LogP contribution in [0.1, 0.15) is 24.8 Å². The van der Waals surface area contributed by atoms with Gasteiger partial charge in [-0.05, 0) is 42.9 Å². The fourth-order valence-corrected chi connectivity index (χ4v) is 4.73. The van der Waals surface area contributed by atoms with Crippen LogP contribution in [-0.2, 0) is 4.74 Å². The highest BCUT2D eigenvalue weighted by molar-refractivity contribution is 9.10. The fourth-order valence-electron chi connectivity index (χ4n) is 2.87. The monoisotopic (exact) mass is 342 g/mol. The first-order valence-corrected chi connectivity index (χ1v) is 8.76. The van der Waals surface area contributed by atoms with Gasteiger partial charge in [-0.15, -0.1) is 0 Å². The zero-order chi connectivity index (χ0) is 13.3. The smallest absolute Gasteiger partial charge is 0.122 e. The number of halogens is 1. The SMILES string of the molecule is Cc1cc(Br)ccc1OC1CCOC2(CCSC2)C1. The van der Waals surface area contributed by atoms with Crippen LogP contribution in [0, 0.1) is 6.92 Å². The highest BCUT2D eigenvalue weighted by atomic mass is 79.9. The lowest BCUT2D eigenvalue weighted by Gasteiger charge is -2.37. The highest BCUT2D eigenvalue weighted by Crippen LogP contribution is 2.39. The Morgan fingerprint density at radius 3 is 3.11 bits per heavy atom. The molecule has 104 valence electrons. The lowest BCUT2D eigenvalue weighted by molar-refractivity contribution is -0.0959. The lowest BCUT2D eigenvalue weighted by atomic mass is 9.91. The summed E-state index contributed by atoms with van der Waals surface area (Å²) in [4.78, 5) is 0. The van der Waals surface area contributed by atoms with E-state index in [9.17, 15) is 0 Å². The molecule has 2 unspecified atom stereocenters. The molecule has 2 aliphatic heterocycles. The first kappa shape index (κ1) is 13.8. The van der Waals surface area contributed by atoms with Crippen LogP contribution in [0.25, 0.3) is 0 Å². The standard InChI is InChI=1S/C15H19BrO2S/c1-11-8-12(16)2-3-14(11)18-13-4-6-17-15(9-13)5-7-19-10-15/h2-3,8,13H,4-7,9-10H2,1H3. The average molecular weight is 343 g/mol. The second-order valence-electron chi connectivity index (χ2n) is 5.48. The Balaban J connectivity index is 1.69. The average Bonchev–Trinajstić information content (AvgIpc) is 2.81. The minimum Gasteiger partial charge on any atom is -0.490 e. The summed E-state index contributed by atoms with van der Waals surface area (Å²) in [6.07, 6.45) is 3.51. The van der Waals surface area contributed by atoms with Crippen molar-refractivity contribution < 1.29 is 9.47 Å². The zero-order valence-corrected chi connectivity index (χ0v) is 13.6. The van der Waals surface area contributed by atoms with E-state index in [1.165, 1.54) is 17.7 Å². The van der Waals surface area contributed by atoms with E-state index in [1.54, 1.807) is 0 Å². The Kier molecular flexibility index (Phi) is 4.11. The maximum atomic E-state index is 6.22. The van der Waals surface area contributed by atoms with Crippen LogP contribution in [0.5, 0.6) is 5.75 Å². The van der Waals surface area contributed by atoms with Crippen molar-refractivity contribution in [3.05, 3.63) is 28.2 Å². The van der Waals surface area contributed by atoms with E-state index in [2.05, 4.69) is 35.0 Å². The molecule has 0 bridgehead atoms. The normalized spacial score (nSPS) is 30.7. The predicted molar refractivity (Wildman–Crippen MR) is 83.2 cm³/mol. The van der Waals surface area contributed by atoms with Gasteiger partial charge in [0.2, 0.25) is 0 Å². The molecule has 2 saturated heterocycles. The molecule has 0 aliphatic carbocycles. The number of ether oxygens (including phenoxy) is 2. The number of benzene rings is 1. The molecular formula is C15H19BrO2S. The molecule has 4 heteroatoms. The maximum absolute atomic E-state index is 6.22. The first-order chi connectivity index (χ1) is 9.17. The van der Waals surface area contributed by atoms with Crippen molar-refractivity contribution >= 4 is 27.7 Å². The maximum Gasteiger partial charge on any atom is 0.122 e. The van der Waals surface area contributed by atoms with Gasteiger partial charge in [-0.2, -0.15) is 11.8 Å². The number of hydrogen-bond acceptors (Lipinski definition) is 3. The van der Waals surface area contributed by atoms with E-state index in [-0.39, 0.29) is 5.60 Å². The van der Waals surface area contributed by atoms with Gasteiger partial charge in [-0.25, -0.2) is 0 Å². The molecule has 2 aliphatic rings. The van der Waals surface area contributed by atoms with Gasteiger partial charge in [-0.3, -0.25) is 0 Å². The molecule has 0 N–H and O–H groups in total. The Morgan fingerprint density at radius 2 is 2.37 bits per heavy atom. The van der Waals surface area contributed by atoms with Crippen LogP contribution in [0.4, 0.5) is 0 Å². The molecule has 2 atom stereocenters. The molecule has 0 amide bonds. The van der Waals surface area contributed by atoms with E-state index < -0.39 is 0 Å². The molecule has 0 radical (unpaired) electrons. The van der Waals surface area contributed by atoms with Crippen molar-refractivity contribution in [1.29, 1.82) is 0 Å². The van der Waals surface area contributed by atoms with Crippen LogP contribution in [0.2, 0.25) is 0 Å². The van der Waals surface area contributed by atoms with Crippen molar-refractivity contribution in [2.24, 2.45) is 0 Å². The number of thioether (sulfide) groups is 1. The lowest BCUT2D eigenvalue weighted by Crippen LogP contribution is -2.43. The third-order valence-electron chi connectivity index (χ3n) is 3.95. The summed E-state index contributed by atoms with van der Waals surface area (Å²) in [5, 5.41) is 0. The minimum atomic E-state index is 0.0941. The van der Waals surface area contributed by atoms with E-state index in [0.717, 1.165) is 35.4 Å². The summed E-state index contributed by atoms with van der Waals surface area (Å²) in [5.74, 6) is 3.37. The Labute approximate surface area is 127 Å². The van der Waals surface area contributed by atoms with Gasteiger partial charge in [0.15, 0.2) is 0 Å². The van der Waals surface area contributed by atoms with Crippen LogP contribution >= 0.6 is 27.7 Å². The quantitative estimate of drug-likeness (QED) is 0.802. The second kappa shape index (κ2) is 5.66. The molecule has 2 heterocycles. The molecule has 0 aromatic heterocycles. The van der Waals surface area contributed by atoms with Crippen LogP contribution in [-0.4, -0.2) is 29.8 Å². The summed E-state index contributed by atoms with van der Waals surface area (Å²) < 4.78 is 13.4. The van der Waals surface area contributed by atoms with Crippen molar-refractivity contribution in [2.75, 3.05) is 18.1 Å². The summed E-state index contributed by atoms with van der Waals surface area (Å²) in [5.41, 5.74) is 1.28. The fraction of sp³-hybridized carbons (Fsp3) is 0.600. The Morgan fingerprint density at radius 1 is 1.47 bits per heavy atom. The van der Waals surface area contributed by atoms with Crippen molar-refractivity contribution in [3.8, 4) is 5.75 Å². The summed E-state index contributed by atoms with van der Waals surface area (Å²) in [7, 11) is 0. The molecule has 1 aromatic carbocycles. The van der Waals surface area contributed by atoms with Gasteiger partial charge in [-0.1, -0.05) is 15.9 Å². The van der Waals surface area contributed by atoms with Gasteiger partial charge in [0.25, 0.3) is 0 Å². The summed E-state index contributed by atoms with van der Waals surface area (Å²) in [6.45, 7) is 2.93. The van der Waals surface area contributed by atoms with Gasteiger partial charge in [0, 0.05) is 23.1 Å². The first-order valence-electron chi connectivity index (χ1n) is 6.81. The molecule has 1 spiro atoms. The Bertz CT molecular complexity index is 457. The number of hydrogen-bond donors (Lipinski definition) is 0. The van der Waals surface area contributed by atoms with Crippen molar-refractivity contribution in [3.63, 3.8) is 0 Å². The van der Waals surface area contributed by atoms with Crippen molar-refractivity contribution in [1.82, 2.24) is 0 Å². The van der Waals surface area contributed by atoms with Gasteiger partial charge >= 0.3 is 0 Å². The Hall–Kier alpha value is -0.190. The zero-order valence-electron chi connectivity index (χ0n) is 11.2. The molecule has 19 heavy (non-hydrogen) atoms. The molecule has 3 rings (SSSR count). The van der Waals surface area contributed by atoms with E-state index in [4.69, 9.17) is 9.47 Å². The van der Waals surface area contributed by atoms with Crippen LogP contribution in [0.15, 0.2) is 22.7 Å². The molecule has 2 nitrogen and oxygen atoms in total. The second-order valence-corrected chi connectivity index (χ2v) is 7.50. The topological polar surface area (TPSA) is 18.5 Å². The summed E-state index contributed by atoms with van der Waals surface area (Å²) in [6, 6.07) is 6.21. The molecule has 2 fully saturated rings. The summed E-state index contributed by atoms with van der Waals surface area (Å²) >= 11 is 5.50. The van der Waals surface area contributed by atoms with Crippen LogP contribution < -0.4 is 4.74 Å². The van der Waals surface area contributed by atoms with Gasteiger partial charge in [0.1, 0.15) is 11.9 Å². The largest absolute Gasteiger partial charge is 0.490 e. The third kappa shape index (κ3) is 3.11. The van der Waals surface area contributed by atoms with Crippen LogP contribution in [0.3, 0.4) is 0 Å². The molecule has 0 saturated carbocycles. The van der Waals surface area contributed by atoms with E-state index >= 15 is 0 Å². The van der Waals surface area contributed by atoms with Gasteiger partial charge < -0.3 is 9.47 Å². The molecule has 1 aromatic rings. The predicted octanol–water partition coefficient (Wildman–Crippen LogP) is 4.19. The number of aryl methyl sites for hydroxylation is 1. The van der Waals surface area contributed by atoms with Gasteiger partial charge in [0.05, 0.1) is 12.2 Å². The van der Waals surface area contributed by atoms with E-state index in [1.807, 2.05) is 17.8 Å². The van der Waals surface area contributed by atoms with Crippen molar-refractivity contribution in [2.45, 2.75) is 37.9 Å². The minimum absolute atomic E-state index is 0.0941. The third-order valence-corrected chi connectivity index (χ3v) is 5.66.